The number of rotatable bonds is 1. The van der Waals surface area contributed by atoms with Crippen LogP contribution in [0.2, 0.25) is 0 Å². The molecule has 13 heavy (non-hydrogen) atoms. The normalized spacial score (nSPS) is 11.4. The second-order valence-corrected chi connectivity index (χ2v) is 2.13. The quantitative estimate of drug-likeness (QED) is 0.630. The number of carbonyl (C=O) groups is 1. The van der Waals surface area contributed by atoms with Crippen LogP contribution in [0.25, 0.3) is 0 Å². The SMILES string of the molecule is COC(=O)c1cnn(C(F)(F)F)c1. The predicted molar refractivity (Wildman–Crippen MR) is 34.9 cm³/mol. The minimum Gasteiger partial charge on any atom is -0.465 e. The van der Waals surface area contributed by atoms with Crippen LogP contribution < -0.4 is 0 Å². The fourth-order valence-electron chi connectivity index (χ4n) is 0.685. The van der Waals surface area contributed by atoms with Crippen LogP contribution in [0.4, 0.5) is 13.2 Å². The Morgan fingerprint density at radius 2 is 2.23 bits per heavy atom. The summed E-state index contributed by atoms with van der Waals surface area (Å²) in [6, 6.07) is 0. The van der Waals surface area contributed by atoms with Crippen molar-refractivity contribution in [3.05, 3.63) is 18.0 Å². The molecule has 0 fully saturated rings. The molecule has 7 heteroatoms. The molecule has 0 amide bonds. The van der Waals surface area contributed by atoms with Gasteiger partial charge in [-0.05, 0) is 0 Å². The Hall–Kier alpha value is -1.53. The van der Waals surface area contributed by atoms with Crippen LogP contribution in [0.3, 0.4) is 0 Å². The zero-order chi connectivity index (χ0) is 10.1. The Morgan fingerprint density at radius 3 is 2.62 bits per heavy atom. The smallest absolute Gasteiger partial charge is 0.465 e. The lowest BCUT2D eigenvalue weighted by atomic mass is 10.4. The molecular formula is C6H5F3N2O2. The summed E-state index contributed by atoms with van der Waals surface area (Å²) in [6.45, 7) is 0. The number of halogens is 3. The summed E-state index contributed by atoms with van der Waals surface area (Å²) in [6.07, 6.45) is -3.25. The number of ether oxygens (including phenoxy) is 1. The Labute approximate surface area is 70.9 Å². The van der Waals surface area contributed by atoms with Gasteiger partial charge in [-0.1, -0.05) is 0 Å². The van der Waals surface area contributed by atoms with Crippen molar-refractivity contribution < 1.29 is 22.7 Å². The summed E-state index contributed by atoms with van der Waals surface area (Å²) in [4.78, 5) is 10.7. The van der Waals surface area contributed by atoms with Crippen molar-refractivity contribution in [1.82, 2.24) is 9.78 Å². The summed E-state index contributed by atoms with van der Waals surface area (Å²) in [7, 11) is 1.08. The highest BCUT2D eigenvalue weighted by atomic mass is 19.4. The van der Waals surface area contributed by atoms with E-state index in [9.17, 15) is 18.0 Å². The van der Waals surface area contributed by atoms with Gasteiger partial charge >= 0.3 is 12.3 Å². The summed E-state index contributed by atoms with van der Waals surface area (Å²) in [5.41, 5.74) is -0.236. The summed E-state index contributed by atoms with van der Waals surface area (Å²) in [5.74, 6) is -0.851. The number of hydrogen-bond acceptors (Lipinski definition) is 3. The predicted octanol–water partition coefficient (Wildman–Crippen LogP) is 1.15. The third kappa shape index (κ3) is 1.98. The van der Waals surface area contributed by atoms with Crippen molar-refractivity contribution in [1.29, 1.82) is 0 Å². The fourth-order valence-corrected chi connectivity index (χ4v) is 0.685. The second-order valence-electron chi connectivity index (χ2n) is 2.13. The van der Waals surface area contributed by atoms with E-state index in [1.54, 1.807) is 0 Å². The van der Waals surface area contributed by atoms with Gasteiger partial charge in [0.25, 0.3) is 0 Å². The Morgan fingerprint density at radius 1 is 1.62 bits per heavy atom. The van der Waals surface area contributed by atoms with Crippen molar-refractivity contribution in [3.8, 4) is 0 Å². The molecule has 4 nitrogen and oxygen atoms in total. The molecule has 1 aromatic heterocycles. The lowest BCUT2D eigenvalue weighted by Gasteiger charge is -2.03. The first-order chi connectivity index (χ1) is 5.95. The van der Waals surface area contributed by atoms with Crippen molar-refractivity contribution in [2.24, 2.45) is 0 Å². The number of alkyl halides is 3. The van der Waals surface area contributed by atoms with Crippen LogP contribution in [0.5, 0.6) is 0 Å². The van der Waals surface area contributed by atoms with Gasteiger partial charge in [0.05, 0.1) is 18.9 Å². The second kappa shape index (κ2) is 3.08. The van der Waals surface area contributed by atoms with Gasteiger partial charge in [-0.15, -0.1) is 13.2 Å². The standard InChI is InChI=1S/C6H5F3N2O2/c1-13-5(12)4-2-10-11(3-4)6(7,8)9/h2-3H,1H3. The average Bonchev–Trinajstić information content (AvgIpc) is 2.50. The largest absolute Gasteiger partial charge is 0.504 e. The van der Waals surface area contributed by atoms with Crippen LogP contribution >= 0.6 is 0 Å². The van der Waals surface area contributed by atoms with Crippen molar-refractivity contribution >= 4 is 5.97 Å². The minimum absolute atomic E-state index is 0.236. The van der Waals surface area contributed by atoms with Gasteiger partial charge in [-0.2, -0.15) is 9.78 Å². The zero-order valence-corrected chi connectivity index (χ0v) is 6.50. The lowest BCUT2D eigenvalue weighted by Crippen LogP contribution is -2.16. The Kier molecular flexibility index (Phi) is 2.26. The van der Waals surface area contributed by atoms with Gasteiger partial charge in [0, 0.05) is 6.20 Å². The maximum Gasteiger partial charge on any atom is 0.504 e. The van der Waals surface area contributed by atoms with Crippen molar-refractivity contribution in [2.45, 2.75) is 6.30 Å². The monoisotopic (exact) mass is 194 g/mol. The number of aromatic nitrogens is 2. The lowest BCUT2D eigenvalue weighted by molar-refractivity contribution is -0.212. The molecule has 0 N–H and O–H groups in total. The van der Waals surface area contributed by atoms with E-state index in [0.717, 1.165) is 13.3 Å². The average molecular weight is 194 g/mol. The van der Waals surface area contributed by atoms with E-state index in [-0.39, 0.29) is 10.2 Å². The van der Waals surface area contributed by atoms with E-state index < -0.39 is 12.3 Å². The number of hydrogen-bond donors (Lipinski definition) is 0. The molecule has 0 atom stereocenters. The Bertz CT molecular complexity index is 318. The molecule has 0 bridgehead atoms. The first kappa shape index (κ1) is 9.56. The third-order valence-corrected chi connectivity index (χ3v) is 1.26. The van der Waals surface area contributed by atoms with Gasteiger partial charge in [0.15, 0.2) is 0 Å². The van der Waals surface area contributed by atoms with Crippen LogP contribution in [-0.2, 0) is 11.0 Å². The molecule has 0 aromatic carbocycles. The molecule has 0 aliphatic rings. The van der Waals surface area contributed by atoms with E-state index >= 15 is 0 Å². The van der Waals surface area contributed by atoms with Gasteiger partial charge in [0.2, 0.25) is 0 Å². The molecule has 0 aliphatic carbocycles. The van der Waals surface area contributed by atoms with Gasteiger partial charge in [-0.25, -0.2) is 4.79 Å². The number of methoxy groups -OCH3 is 1. The molecule has 0 unspecified atom stereocenters. The molecule has 0 saturated carbocycles. The fraction of sp³-hybridized carbons (Fsp3) is 0.333. The third-order valence-electron chi connectivity index (χ3n) is 1.26. The van der Waals surface area contributed by atoms with Crippen LogP contribution in [0, 0.1) is 0 Å². The van der Waals surface area contributed by atoms with E-state index in [0.29, 0.717) is 6.20 Å². The van der Waals surface area contributed by atoms with Crippen LogP contribution in [0.1, 0.15) is 10.4 Å². The van der Waals surface area contributed by atoms with Crippen molar-refractivity contribution in [2.75, 3.05) is 7.11 Å². The van der Waals surface area contributed by atoms with Gasteiger partial charge < -0.3 is 4.74 Å². The van der Waals surface area contributed by atoms with E-state index in [1.807, 2.05) is 0 Å². The molecule has 72 valence electrons. The first-order valence-electron chi connectivity index (χ1n) is 3.15. The highest BCUT2D eigenvalue weighted by Gasteiger charge is 2.32. The molecule has 0 aliphatic heterocycles. The summed E-state index contributed by atoms with van der Waals surface area (Å²) in [5, 5.41) is 2.95. The number of carbonyl (C=O) groups excluding carboxylic acids is 1. The van der Waals surface area contributed by atoms with Crippen molar-refractivity contribution in [3.63, 3.8) is 0 Å². The summed E-state index contributed by atoms with van der Waals surface area (Å²) >= 11 is 0. The first-order valence-corrected chi connectivity index (χ1v) is 3.15. The molecular weight excluding hydrogens is 189 g/mol. The zero-order valence-electron chi connectivity index (χ0n) is 6.50. The maximum atomic E-state index is 11.9. The topological polar surface area (TPSA) is 44.1 Å². The molecule has 0 spiro atoms. The summed E-state index contributed by atoms with van der Waals surface area (Å²) < 4.78 is 39.7. The highest BCUT2D eigenvalue weighted by molar-refractivity contribution is 5.88. The van der Waals surface area contributed by atoms with E-state index in [1.165, 1.54) is 0 Å². The molecule has 1 rings (SSSR count). The Balaban J connectivity index is 2.93. The minimum atomic E-state index is -4.60. The van der Waals surface area contributed by atoms with E-state index in [4.69, 9.17) is 0 Å². The molecule has 0 radical (unpaired) electrons. The van der Waals surface area contributed by atoms with E-state index in [2.05, 4.69) is 9.84 Å². The number of nitrogens with zero attached hydrogens (tertiary/aromatic N) is 2. The number of esters is 1. The molecule has 1 aromatic rings. The van der Waals surface area contributed by atoms with Crippen LogP contribution in [0.15, 0.2) is 12.4 Å². The van der Waals surface area contributed by atoms with Crippen LogP contribution in [-0.4, -0.2) is 22.9 Å². The van der Waals surface area contributed by atoms with Gasteiger partial charge in [-0.3, -0.25) is 0 Å². The highest BCUT2D eigenvalue weighted by Crippen LogP contribution is 2.21. The van der Waals surface area contributed by atoms with Gasteiger partial charge in [0.1, 0.15) is 0 Å². The maximum absolute atomic E-state index is 11.9. The molecule has 1 heterocycles. The molecule has 0 saturated heterocycles.